The first kappa shape index (κ1) is 16.4. The van der Waals surface area contributed by atoms with E-state index < -0.39 is 6.10 Å². The van der Waals surface area contributed by atoms with Crippen LogP contribution in [0, 0.1) is 11.7 Å². The summed E-state index contributed by atoms with van der Waals surface area (Å²) < 4.78 is 24.5. The van der Waals surface area contributed by atoms with Crippen LogP contribution in [0.5, 0.6) is 0 Å². The smallest absolute Gasteiger partial charge is 0.249 e. The number of carbonyl (C=O) groups is 1. The van der Waals surface area contributed by atoms with Crippen LogP contribution < -0.4 is 5.32 Å². The largest absolute Gasteiger partial charge is 0.376 e. The molecular formula is C18H24FNO3. The molecule has 2 fully saturated rings. The number of ether oxygens (including phenoxy) is 2. The first-order chi connectivity index (χ1) is 11.1. The third-order valence-electron chi connectivity index (χ3n) is 4.51. The molecule has 4 nitrogen and oxygen atoms in total. The van der Waals surface area contributed by atoms with Crippen molar-refractivity contribution in [1.82, 2.24) is 5.32 Å². The standard InChI is InChI=1S/C18H24FNO3/c1-12(23-11-13-4-5-13)18(21)20-17(16-3-2-10-22-16)14-6-8-15(19)9-7-14/h6-9,12-13,16-17H,2-5,10-11H2,1H3,(H,20,21). The van der Waals surface area contributed by atoms with Crippen LogP contribution in [-0.4, -0.2) is 31.3 Å². The highest BCUT2D eigenvalue weighted by Gasteiger charge is 2.31. The molecule has 3 unspecified atom stereocenters. The Kier molecular flexibility index (Phi) is 5.28. The Labute approximate surface area is 136 Å². The third kappa shape index (κ3) is 4.52. The van der Waals surface area contributed by atoms with Gasteiger partial charge in [-0.2, -0.15) is 0 Å². The molecule has 1 aliphatic heterocycles. The number of rotatable bonds is 7. The summed E-state index contributed by atoms with van der Waals surface area (Å²) in [5, 5.41) is 3.03. The van der Waals surface area contributed by atoms with E-state index in [-0.39, 0.29) is 23.9 Å². The third-order valence-corrected chi connectivity index (χ3v) is 4.51. The Morgan fingerprint density at radius 3 is 2.70 bits per heavy atom. The van der Waals surface area contributed by atoms with Gasteiger partial charge in [0.2, 0.25) is 5.91 Å². The summed E-state index contributed by atoms with van der Waals surface area (Å²) in [6, 6.07) is 5.97. The Morgan fingerprint density at radius 1 is 1.35 bits per heavy atom. The summed E-state index contributed by atoms with van der Waals surface area (Å²) in [5.41, 5.74) is 0.862. The fourth-order valence-corrected chi connectivity index (χ4v) is 2.84. The molecule has 3 rings (SSSR count). The lowest BCUT2D eigenvalue weighted by atomic mass is 9.99. The quantitative estimate of drug-likeness (QED) is 0.840. The SMILES string of the molecule is CC(OCC1CC1)C(=O)NC(c1ccc(F)cc1)C1CCCO1. The van der Waals surface area contributed by atoms with Crippen LogP contribution in [-0.2, 0) is 14.3 Å². The molecule has 1 aromatic carbocycles. The van der Waals surface area contributed by atoms with Gasteiger partial charge in [0.05, 0.1) is 18.8 Å². The molecule has 0 radical (unpaired) electrons. The van der Waals surface area contributed by atoms with Gasteiger partial charge in [-0.1, -0.05) is 12.1 Å². The molecular weight excluding hydrogens is 297 g/mol. The van der Waals surface area contributed by atoms with E-state index in [1.54, 1.807) is 19.1 Å². The molecule has 1 heterocycles. The number of hydrogen-bond acceptors (Lipinski definition) is 3. The van der Waals surface area contributed by atoms with Gasteiger partial charge < -0.3 is 14.8 Å². The zero-order valence-electron chi connectivity index (χ0n) is 13.5. The molecule has 1 aliphatic carbocycles. The van der Waals surface area contributed by atoms with Gasteiger partial charge in [-0.3, -0.25) is 4.79 Å². The predicted octanol–water partition coefficient (Wildman–Crippen LogP) is 2.98. The number of carbonyl (C=O) groups excluding carboxylic acids is 1. The van der Waals surface area contributed by atoms with Crippen LogP contribution >= 0.6 is 0 Å². The van der Waals surface area contributed by atoms with Crippen LogP contribution in [0.4, 0.5) is 4.39 Å². The molecule has 0 spiro atoms. The van der Waals surface area contributed by atoms with Gasteiger partial charge in [0.25, 0.3) is 0 Å². The Morgan fingerprint density at radius 2 is 2.09 bits per heavy atom. The number of halogens is 1. The lowest BCUT2D eigenvalue weighted by molar-refractivity contribution is -0.133. The average molecular weight is 321 g/mol. The zero-order chi connectivity index (χ0) is 16.2. The van der Waals surface area contributed by atoms with Crippen LogP contribution in [0.25, 0.3) is 0 Å². The lowest BCUT2D eigenvalue weighted by Gasteiger charge is -2.26. The molecule has 1 N–H and O–H groups in total. The normalized spacial score (nSPS) is 23.5. The highest BCUT2D eigenvalue weighted by atomic mass is 19.1. The Bertz CT molecular complexity index is 524. The summed E-state index contributed by atoms with van der Waals surface area (Å²) in [4.78, 5) is 12.4. The van der Waals surface area contributed by atoms with Gasteiger partial charge in [-0.15, -0.1) is 0 Å². The van der Waals surface area contributed by atoms with Crippen LogP contribution in [0.3, 0.4) is 0 Å². The number of amides is 1. The van der Waals surface area contributed by atoms with Crippen LogP contribution in [0.15, 0.2) is 24.3 Å². The molecule has 1 saturated carbocycles. The maximum absolute atomic E-state index is 13.2. The number of nitrogens with one attached hydrogen (secondary N) is 1. The van der Waals surface area contributed by atoms with E-state index in [2.05, 4.69) is 5.32 Å². The minimum absolute atomic E-state index is 0.0694. The molecule has 2 aliphatic rings. The van der Waals surface area contributed by atoms with Crippen LogP contribution in [0.2, 0.25) is 0 Å². The van der Waals surface area contributed by atoms with Crippen LogP contribution in [0.1, 0.15) is 44.2 Å². The van der Waals surface area contributed by atoms with Gasteiger partial charge in [0.1, 0.15) is 11.9 Å². The molecule has 23 heavy (non-hydrogen) atoms. The summed E-state index contributed by atoms with van der Waals surface area (Å²) in [5.74, 6) is 0.194. The topological polar surface area (TPSA) is 47.6 Å². The molecule has 5 heteroatoms. The minimum Gasteiger partial charge on any atom is -0.376 e. The average Bonchev–Trinajstić information content (AvgIpc) is 3.23. The maximum Gasteiger partial charge on any atom is 0.249 e. The van der Waals surface area contributed by atoms with E-state index in [0.29, 0.717) is 19.1 Å². The van der Waals surface area contributed by atoms with E-state index >= 15 is 0 Å². The number of hydrogen-bond donors (Lipinski definition) is 1. The zero-order valence-corrected chi connectivity index (χ0v) is 13.5. The minimum atomic E-state index is -0.486. The molecule has 1 saturated heterocycles. The fourth-order valence-electron chi connectivity index (χ4n) is 2.84. The highest BCUT2D eigenvalue weighted by molar-refractivity contribution is 5.80. The second-order valence-corrected chi connectivity index (χ2v) is 6.51. The predicted molar refractivity (Wildman–Crippen MR) is 84.4 cm³/mol. The van der Waals surface area contributed by atoms with Crippen molar-refractivity contribution in [3.8, 4) is 0 Å². The molecule has 1 aromatic rings. The molecule has 126 valence electrons. The number of benzene rings is 1. The monoisotopic (exact) mass is 321 g/mol. The van der Waals surface area contributed by atoms with Crippen molar-refractivity contribution in [1.29, 1.82) is 0 Å². The molecule has 3 atom stereocenters. The first-order valence-corrected chi connectivity index (χ1v) is 8.42. The Hall–Kier alpha value is -1.46. The molecule has 0 aromatic heterocycles. The van der Waals surface area contributed by atoms with Gasteiger partial charge in [-0.05, 0) is 56.2 Å². The van der Waals surface area contributed by atoms with Crippen molar-refractivity contribution in [3.63, 3.8) is 0 Å². The second kappa shape index (κ2) is 7.41. The summed E-state index contributed by atoms with van der Waals surface area (Å²) in [7, 11) is 0. The lowest BCUT2D eigenvalue weighted by Crippen LogP contribution is -2.41. The first-order valence-electron chi connectivity index (χ1n) is 8.42. The summed E-state index contributed by atoms with van der Waals surface area (Å²) in [6.45, 7) is 3.12. The molecule has 1 amide bonds. The fraction of sp³-hybridized carbons (Fsp3) is 0.611. The highest BCUT2D eigenvalue weighted by Crippen LogP contribution is 2.30. The van der Waals surface area contributed by atoms with E-state index in [1.165, 1.54) is 25.0 Å². The summed E-state index contributed by atoms with van der Waals surface area (Å²) in [6.07, 6.45) is 3.70. The Balaban J connectivity index is 1.64. The maximum atomic E-state index is 13.2. The van der Waals surface area contributed by atoms with Crippen molar-refractivity contribution in [2.45, 2.75) is 50.9 Å². The van der Waals surface area contributed by atoms with Gasteiger partial charge in [-0.25, -0.2) is 4.39 Å². The van der Waals surface area contributed by atoms with Crippen molar-refractivity contribution < 1.29 is 18.7 Å². The second-order valence-electron chi connectivity index (χ2n) is 6.51. The van der Waals surface area contributed by atoms with Gasteiger partial charge in [0.15, 0.2) is 0 Å². The van der Waals surface area contributed by atoms with Crippen molar-refractivity contribution in [2.24, 2.45) is 5.92 Å². The van der Waals surface area contributed by atoms with Gasteiger partial charge in [0, 0.05) is 6.61 Å². The van der Waals surface area contributed by atoms with E-state index in [4.69, 9.17) is 9.47 Å². The van der Waals surface area contributed by atoms with E-state index in [1.807, 2.05) is 0 Å². The van der Waals surface area contributed by atoms with E-state index in [0.717, 1.165) is 18.4 Å². The van der Waals surface area contributed by atoms with Crippen molar-refractivity contribution in [2.75, 3.05) is 13.2 Å². The molecule has 0 bridgehead atoms. The van der Waals surface area contributed by atoms with Crippen molar-refractivity contribution in [3.05, 3.63) is 35.6 Å². The van der Waals surface area contributed by atoms with Crippen molar-refractivity contribution >= 4 is 5.91 Å². The summed E-state index contributed by atoms with van der Waals surface area (Å²) >= 11 is 0. The van der Waals surface area contributed by atoms with E-state index in [9.17, 15) is 9.18 Å². The van der Waals surface area contributed by atoms with Gasteiger partial charge >= 0.3 is 0 Å².